The second-order valence-corrected chi connectivity index (χ2v) is 7.94. The van der Waals surface area contributed by atoms with Crippen LogP contribution in [0.3, 0.4) is 0 Å². The molecule has 1 saturated heterocycles. The number of hydrogen-bond donors (Lipinski definition) is 0. The minimum absolute atomic E-state index is 0.0786. The number of rotatable bonds is 3. The number of piperidine rings is 1. The predicted molar refractivity (Wildman–Crippen MR) is 109 cm³/mol. The van der Waals surface area contributed by atoms with Crippen molar-refractivity contribution in [1.82, 2.24) is 15.0 Å². The van der Waals surface area contributed by atoms with E-state index in [9.17, 15) is 4.79 Å². The summed E-state index contributed by atoms with van der Waals surface area (Å²) in [6.45, 7) is 1.19. The number of carbonyl (C=O) groups excluding carboxylic acids is 1. The Morgan fingerprint density at radius 1 is 1.04 bits per heavy atom. The zero-order valence-corrected chi connectivity index (χ0v) is 17.0. The van der Waals surface area contributed by atoms with Gasteiger partial charge in [-0.25, -0.2) is 0 Å². The predicted octanol–water partition coefficient (Wildman–Crippen LogP) is 5.72. The van der Waals surface area contributed by atoms with Crippen molar-refractivity contribution >= 4 is 40.7 Å². The Morgan fingerprint density at radius 3 is 2.39 bits per heavy atom. The minimum atomic E-state index is -0.0786. The molecule has 5 nitrogen and oxygen atoms in total. The molecule has 2 heterocycles. The summed E-state index contributed by atoms with van der Waals surface area (Å²) in [4.78, 5) is 19.0. The van der Waals surface area contributed by atoms with E-state index in [1.165, 1.54) is 0 Å². The molecule has 0 atom stereocenters. The van der Waals surface area contributed by atoms with Gasteiger partial charge in [-0.1, -0.05) is 52.1 Å². The molecule has 0 radical (unpaired) electrons. The van der Waals surface area contributed by atoms with E-state index in [1.807, 2.05) is 18.2 Å². The van der Waals surface area contributed by atoms with Gasteiger partial charge in [-0.2, -0.15) is 4.98 Å². The van der Waals surface area contributed by atoms with Gasteiger partial charge in [0.05, 0.1) is 5.02 Å². The molecule has 1 aromatic heterocycles. The third-order valence-electron chi connectivity index (χ3n) is 4.80. The van der Waals surface area contributed by atoms with Crippen molar-refractivity contribution in [3.8, 4) is 11.4 Å². The van der Waals surface area contributed by atoms with Crippen molar-refractivity contribution in [1.29, 1.82) is 0 Å². The van der Waals surface area contributed by atoms with E-state index in [2.05, 4.69) is 10.1 Å². The molecule has 1 fully saturated rings. The lowest BCUT2D eigenvalue weighted by Gasteiger charge is -2.30. The van der Waals surface area contributed by atoms with Crippen molar-refractivity contribution in [3.05, 3.63) is 69.0 Å². The molecular weight excluding hydrogens is 421 g/mol. The van der Waals surface area contributed by atoms with E-state index in [-0.39, 0.29) is 11.8 Å². The van der Waals surface area contributed by atoms with Gasteiger partial charge in [0.25, 0.3) is 5.91 Å². The van der Waals surface area contributed by atoms with Crippen LogP contribution in [0, 0.1) is 0 Å². The third-order valence-corrected chi connectivity index (χ3v) is 5.56. The van der Waals surface area contributed by atoms with E-state index < -0.39 is 0 Å². The maximum Gasteiger partial charge on any atom is 0.253 e. The highest BCUT2D eigenvalue weighted by atomic mass is 35.5. The van der Waals surface area contributed by atoms with Gasteiger partial charge >= 0.3 is 0 Å². The quantitative estimate of drug-likeness (QED) is 0.527. The fraction of sp³-hybridized carbons (Fsp3) is 0.250. The van der Waals surface area contributed by atoms with Gasteiger partial charge < -0.3 is 9.42 Å². The SMILES string of the molecule is O=C(c1cc(Cl)cc(Cl)c1)N1CCC(c2nc(-c3ccccc3Cl)no2)CC1. The molecule has 2 aromatic carbocycles. The number of likely N-dealkylation sites (tertiary alicyclic amines) is 1. The van der Waals surface area contributed by atoms with Crippen LogP contribution in [0.25, 0.3) is 11.4 Å². The first-order chi connectivity index (χ1) is 13.5. The fourth-order valence-corrected chi connectivity index (χ4v) is 4.09. The summed E-state index contributed by atoms with van der Waals surface area (Å²) in [5.74, 6) is 1.08. The Bertz CT molecular complexity index is 993. The number of halogens is 3. The van der Waals surface area contributed by atoms with E-state index in [0.29, 0.717) is 45.4 Å². The average Bonchev–Trinajstić information content (AvgIpc) is 3.17. The molecule has 0 N–H and O–H groups in total. The Morgan fingerprint density at radius 2 is 1.71 bits per heavy atom. The lowest BCUT2D eigenvalue weighted by molar-refractivity contribution is 0.0704. The van der Waals surface area contributed by atoms with Gasteiger partial charge in [-0.3, -0.25) is 4.79 Å². The molecule has 0 saturated carbocycles. The zero-order chi connectivity index (χ0) is 19.7. The lowest BCUT2D eigenvalue weighted by Crippen LogP contribution is -2.38. The largest absolute Gasteiger partial charge is 0.339 e. The molecule has 0 aliphatic carbocycles. The lowest BCUT2D eigenvalue weighted by atomic mass is 9.96. The van der Waals surface area contributed by atoms with Crippen molar-refractivity contribution in [2.75, 3.05) is 13.1 Å². The smallest absolute Gasteiger partial charge is 0.253 e. The van der Waals surface area contributed by atoms with Gasteiger partial charge in [0.1, 0.15) is 0 Å². The Hall–Kier alpha value is -2.08. The monoisotopic (exact) mass is 435 g/mol. The van der Waals surface area contributed by atoms with Crippen LogP contribution in [-0.2, 0) is 0 Å². The van der Waals surface area contributed by atoms with Crippen molar-refractivity contribution in [2.24, 2.45) is 0 Å². The van der Waals surface area contributed by atoms with Gasteiger partial charge in [-0.15, -0.1) is 0 Å². The molecule has 28 heavy (non-hydrogen) atoms. The molecule has 4 rings (SSSR count). The Kier molecular flexibility index (Phi) is 5.58. The highest BCUT2D eigenvalue weighted by Crippen LogP contribution is 2.31. The van der Waals surface area contributed by atoms with Gasteiger partial charge in [-0.05, 0) is 43.2 Å². The number of amides is 1. The summed E-state index contributed by atoms with van der Waals surface area (Å²) >= 11 is 18.2. The van der Waals surface area contributed by atoms with Crippen LogP contribution in [0.1, 0.15) is 35.0 Å². The second-order valence-electron chi connectivity index (χ2n) is 6.66. The summed E-state index contributed by atoms with van der Waals surface area (Å²) in [5.41, 5.74) is 1.24. The molecule has 8 heteroatoms. The maximum absolute atomic E-state index is 12.7. The van der Waals surface area contributed by atoms with Crippen LogP contribution < -0.4 is 0 Å². The molecule has 1 aliphatic rings. The minimum Gasteiger partial charge on any atom is -0.339 e. The molecule has 0 spiro atoms. The number of hydrogen-bond acceptors (Lipinski definition) is 4. The average molecular weight is 437 g/mol. The van der Waals surface area contributed by atoms with Gasteiger partial charge in [0.15, 0.2) is 0 Å². The molecule has 0 unspecified atom stereocenters. The van der Waals surface area contributed by atoms with Crippen LogP contribution in [-0.4, -0.2) is 34.0 Å². The van der Waals surface area contributed by atoms with E-state index >= 15 is 0 Å². The van der Waals surface area contributed by atoms with E-state index in [4.69, 9.17) is 39.3 Å². The van der Waals surface area contributed by atoms with E-state index in [1.54, 1.807) is 29.2 Å². The number of carbonyl (C=O) groups is 1. The summed E-state index contributed by atoms with van der Waals surface area (Å²) in [6.07, 6.45) is 1.48. The Labute approximate surface area is 177 Å². The van der Waals surface area contributed by atoms with Crippen LogP contribution >= 0.6 is 34.8 Å². The Balaban J connectivity index is 1.43. The first kappa shape index (κ1) is 19.2. The maximum atomic E-state index is 12.7. The topological polar surface area (TPSA) is 59.2 Å². The normalized spacial score (nSPS) is 15.0. The summed E-state index contributed by atoms with van der Waals surface area (Å²) in [5, 5.41) is 5.54. The van der Waals surface area contributed by atoms with Gasteiger partial charge in [0, 0.05) is 40.2 Å². The second kappa shape index (κ2) is 8.11. The highest BCUT2D eigenvalue weighted by Gasteiger charge is 2.28. The molecule has 1 aliphatic heterocycles. The van der Waals surface area contributed by atoms with Crippen LogP contribution in [0.5, 0.6) is 0 Å². The fourth-order valence-electron chi connectivity index (χ4n) is 3.34. The molecule has 0 bridgehead atoms. The molecule has 144 valence electrons. The van der Waals surface area contributed by atoms with E-state index in [0.717, 1.165) is 18.4 Å². The zero-order valence-electron chi connectivity index (χ0n) is 14.7. The number of aromatic nitrogens is 2. The van der Waals surface area contributed by atoms with Gasteiger partial charge in [0.2, 0.25) is 11.7 Å². The van der Waals surface area contributed by atoms with Crippen molar-refractivity contribution < 1.29 is 9.32 Å². The molecule has 1 amide bonds. The summed E-state index contributed by atoms with van der Waals surface area (Å²) in [7, 11) is 0. The highest BCUT2D eigenvalue weighted by molar-refractivity contribution is 6.35. The summed E-state index contributed by atoms with van der Waals surface area (Å²) < 4.78 is 5.47. The third kappa shape index (κ3) is 4.02. The summed E-state index contributed by atoms with van der Waals surface area (Å²) in [6, 6.07) is 12.3. The first-order valence-corrected chi connectivity index (χ1v) is 9.98. The van der Waals surface area contributed by atoms with Crippen molar-refractivity contribution in [2.45, 2.75) is 18.8 Å². The van der Waals surface area contributed by atoms with Crippen LogP contribution in [0.2, 0.25) is 15.1 Å². The standard InChI is InChI=1S/C20H16Cl3N3O2/c21-14-9-13(10-15(22)11-14)20(27)26-7-5-12(6-8-26)19-24-18(25-28-19)16-3-1-2-4-17(16)23/h1-4,9-12H,5-8H2. The molecular formula is C20H16Cl3N3O2. The van der Waals surface area contributed by atoms with Crippen molar-refractivity contribution in [3.63, 3.8) is 0 Å². The van der Waals surface area contributed by atoms with Crippen LogP contribution in [0.15, 0.2) is 47.0 Å². The van der Waals surface area contributed by atoms with Crippen LogP contribution in [0.4, 0.5) is 0 Å². The first-order valence-electron chi connectivity index (χ1n) is 8.85. The number of benzene rings is 2. The molecule has 3 aromatic rings. The number of nitrogens with zero attached hydrogens (tertiary/aromatic N) is 3.